The predicted molar refractivity (Wildman–Crippen MR) is 96.7 cm³/mol. The number of methoxy groups -OCH3 is 1. The molecule has 0 spiro atoms. The Kier molecular flexibility index (Phi) is 8.57. The van der Waals surface area contributed by atoms with Gasteiger partial charge in [0.25, 0.3) is 0 Å². The van der Waals surface area contributed by atoms with Gasteiger partial charge in [0, 0.05) is 31.5 Å². The van der Waals surface area contributed by atoms with Gasteiger partial charge in [-0.15, -0.1) is 0 Å². The molecule has 0 atom stereocenters. The van der Waals surface area contributed by atoms with Crippen molar-refractivity contribution in [2.45, 2.75) is 19.8 Å². The minimum atomic E-state index is -0.186. The quantitative estimate of drug-likeness (QED) is 0.739. The van der Waals surface area contributed by atoms with E-state index in [-0.39, 0.29) is 18.2 Å². The predicted octanol–water partition coefficient (Wildman–Crippen LogP) is 2.48. The van der Waals surface area contributed by atoms with Crippen molar-refractivity contribution in [3.05, 3.63) is 23.2 Å². The van der Waals surface area contributed by atoms with Gasteiger partial charge in [-0.2, -0.15) is 0 Å². The molecule has 134 valence electrons. The van der Waals surface area contributed by atoms with Crippen LogP contribution in [-0.2, 0) is 9.59 Å². The molecule has 0 aliphatic carbocycles. The van der Waals surface area contributed by atoms with E-state index < -0.39 is 0 Å². The number of rotatable bonds is 9. The topological polar surface area (TPSA) is 61.9 Å². The second kappa shape index (κ2) is 10.2. The van der Waals surface area contributed by atoms with Crippen LogP contribution in [0.1, 0.15) is 19.8 Å². The zero-order chi connectivity index (χ0) is 18.1. The highest BCUT2D eigenvalue weighted by Gasteiger charge is 2.13. The molecule has 0 aliphatic heterocycles. The number of carbonyl (C=O) groups excluding carboxylic acids is 2. The van der Waals surface area contributed by atoms with Crippen LogP contribution in [0.4, 0.5) is 5.69 Å². The number of nitrogens with one attached hydrogen (secondary N) is 1. The maximum Gasteiger partial charge on any atom is 0.226 e. The van der Waals surface area contributed by atoms with E-state index in [0.29, 0.717) is 29.5 Å². The fourth-order valence-electron chi connectivity index (χ4n) is 2.23. The van der Waals surface area contributed by atoms with Crippen LogP contribution in [0.3, 0.4) is 0 Å². The number of halogens is 1. The first kappa shape index (κ1) is 20.3. The molecule has 0 fully saturated rings. The lowest BCUT2D eigenvalue weighted by Gasteiger charge is -2.22. The van der Waals surface area contributed by atoms with E-state index in [0.717, 1.165) is 13.0 Å². The first-order valence-corrected chi connectivity index (χ1v) is 8.25. The third-order valence-corrected chi connectivity index (χ3v) is 3.76. The zero-order valence-corrected chi connectivity index (χ0v) is 15.5. The molecule has 1 rings (SSSR count). The van der Waals surface area contributed by atoms with Crippen molar-refractivity contribution < 1.29 is 14.3 Å². The smallest absolute Gasteiger partial charge is 0.226 e. The van der Waals surface area contributed by atoms with Crippen molar-refractivity contribution in [2.75, 3.05) is 46.2 Å². The molecular weight excluding hydrogens is 330 g/mol. The van der Waals surface area contributed by atoms with Gasteiger partial charge in [0.05, 0.1) is 12.8 Å². The van der Waals surface area contributed by atoms with Crippen molar-refractivity contribution in [1.82, 2.24) is 9.80 Å². The third kappa shape index (κ3) is 7.19. The minimum absolute atomic E-state index is 0.0260. The number of anilines is 1. The summed E-state index contributed by atoms with van der Waals surface area (Å²) in [5.74, 6) is 0.332. The van der Waals surface area contributed by atoms with Gasteiger partial charge >= 0.3 is 0 Å². The van der Waals surface area contributed by atoms with Crippen molar-refractivity contribution >= 4 is 29.1 Å². The van der Waals surface area contributed by atoms with Gasteiger partial charge in [0.2, 0.25) is 11.8 Å². The van der Waals surface area contributed by atoms with Crippen molar-refractivity contribution in [3.63, 3.8) is 0 Å². The molecule has 0 aromatic heterocycles. The molecule has 0 aliphatic rings. The number of hydrogen-bond donors (Lipinski definition) is 1. The molecule has 24 heavy (non-hydrogen) atoms. The van der Waals surface area contributed by atoms with E-state index in [9.17, 15) is 9.59 Å². The van der Waals surface area contributed by atoms with E-state index in [1.54, 1.807) is 23.1 Å². The summed E-state index contributed by atoms with van der Waals surface area (Å²) in [6, 6.07) is 5.03. The Bertz CT molecular complexity index is 564. The monoisotopic (exact) mass is 355 g/mol. The summed E-state index contributed by atoms with van der Waals surface area (Å²) >= 11 is 5.95. The summed E-state index contributed by atoms with van der Waals surface area (Å²) in [5.41, 5.74) is 0.525. The van der Waals surface area contributed by atoms with Crippen molar-refractivity contribution in [1.29, 1.82) is 0 Å². The standard InChI is InChI=1S/C17H26ClN3O3/c1-13(22)21(10-5-9-20(2)3)11-8-17(23)19-15-12-14(18)6-7-16(15)24-4/h6-7,12H,5,8-11H2,1-4H3,(H,19,23). The van der Waals surface area contributed by atoms with Gasteiger partial charge < -0.3 is 19.9 Å². The Morgan fingerprint density at radius 1 is 1.21 bits per heavy atom. The van der Waals surface area contributed by atoms with Crippen LogP contribution in [0, 0.1) is 0 Å². The fraction of sp³-hybridized carbons (Fsp3) is 0.529. The van der Waals surface area contributed by atoms with Crippen LogP contribution in [0.5, 0.6) is 5.75 Å². The number of amides is 2. The van der Waals surface area contributed by atoms with E-state index in [1.807, 2.05) is 14.1 Å². The summed E-state index contributed by atoms with van der Waals surface area (Å²) in [4.78, 5) is 27.6. The van der Waals surface area contributed by atoms with Crippen LogP contribution >= 0.6 is 11.6 Å². The van der Waals surface area contributed by atoms with E-state index >= 15 is 0 Å². The highest BCUT2D eigenvalue weighted by atomic mass is 35.5. The Morgan fingerprint density at radius 3 is 2.50 bits per heavy atom. The number of carbonyl (C=O) groups is 2. The van der Waals surface area contributed by atoms with E-state index in [2.05, 4.69) is 10.2 Å². The SMILES string of the molecule is COc1ccc(Cl)cc1NC(=O)CCN(CCCN(C)C)C(C)=O. The van der Waals surface area contributed by atoms with Crippen LogP contribution < -0.4 is 10.1 Å². The molecule has 0 heterocycles. The van der Waals surface area contributed by atoms with Crippen LogP contribution in [0.15, 0.2) is 18.2 Å². The third-order valence-electron chi connectivity index (χ3n) is 3.52. The second-order valence-corrected chi connectivity index (χ2v) is 6.24. The Morgan fingerprint density at radius 2 is 1.92 bits per heavy atom. The summed E-state index contributed by atoms with van der Waals surface area (Å²) in [5, 5.41) is 3.29. The van der Waals surface area contributed by atoms with Gasteiger partial charge in [-0.05, 0) is 45.3 Å². The molecule has 0 unspecified atom stereocenters. The normalized spacial score (nSPS) is 10.6. The molecule has 0 radical (unpaired) electrons. The molecule has 1 N–H and O–H groups in total. The average molecular weight is 356 g/mol. The highest BCUT2D eigenvalue weighted by Crippen LogP contribution is 2.27. The first-order chi connectivity index (χ1) is 11.3. The van der Waals surface area contributed by atoms with Crippen LogP contribution in [0.25, 0.3) is 0 Å². The van der Waals surface area contributed by atoms with Gasteiger partial charge in [-0.1, -0.05) is 11.6 Å². The summed E-state index contributed by atoms with van der Waals surface area (Å²) < 4.78 is 5.20. The number of benzene rings is 1. The fourth-order valence-corrected chi connectivity index (χ4v) is 2.40. The maximum atomic E-state index is 12.1. The van der Waals surface area contributed by atoms with Gasteiger partial charge in [0.15, 0.2) is 0 Å². The van der Waals surface area contributed by atoms with Gasteiger partial charge in [-0.3, -0.25) is 9.59 Å². The van der Waals surface area contributed by atoms with Crippen molar-refractivity contribution in [2.24, 2.45) is 0 Å². The summed E-state index contributed by atoms with van der Waals surface area (Å²) in [6.07, 6.45) is 1.09. The molecule has 7 heteroatoms. The molecule has 1 aromatic carbocycles. The van der Waals surface area contributed by atoms with E-state index in [1.165, 1.54) is 14.0 Å². The molecule has 0 bridgehead atoms. The summed E-state index contributed by atoms with van der Waals surface area (Å²) in [6.45, 7) is 3.45. The van der Waals surface area contributed by atoms with E-state index in [4.69, 9.17) is 16.3 Å². The molecule has 1 aromatic rings. The maximum absolute atomic E-state index is 12.1. The largest absolute Gasteiger partial charge is 0.495 e. The Hall–Kier alpha value is -1.79. The minimum Gasteiger partial charge on any atom is -0.495 e. The molecule has 0 saturated carbocycles. The molecule has 2 amide bonds. The average Bonchev–Trinajstić information content (AvgIpc) is 2.50. The van der Waals surface area contributed by atoms with Crippen LogP contribution in [0.2, 0.25) is 5.02 Å². The highest BCUT2D eigenvalue weighted by molar-refractivity contribution is 6.31. The molecule has 0 saturated heterocycles. The first-order valence-electron chi connectivity index (χ1n) is 7.87. The Balaban J connectivity index is 2.54. The Labute approximate surface area is 148 Å². The van der Waals surface area contributed by atoms with Gasteiger partial charge in [0.1, 0.15) is 5.75 Å². The molecule has 6 nitrogen and oxygen atoms in total. The lowest BCUT2D eigenvalue weighted by atomic mass is 10.2. The lowest BCUT2D eigenvalue weighted by molar-refractivity contribution is -0.129. The molecular formula is C17H26ClN3O3. The lowest BCUT2D eigenvalue weighted by Crippen LogP contribution is -2.34. The number of ether oxygens (including phenoxy) is 1. The second-order valence-electron chi connectivity index (χ2n) is 5.81. The van der Waals surface area contributed by atoms with Crippen LogP contribution in [-0.4, -0.2) is 62.5 Å². The van der Waals surface area contributed by atoms with Crippen molar-refractivity contribution in [3.8, 4) is 5.75 Å². The zero-order valence-electron chi connectivity index (χ0n) is 14.8. The number of hydrogen-bond acceptors (Lipinski definition) is 4. The van der Waals surface area contributed by atoms with Gasteiger partial charge in [-0.25, -0.2) is 0 Å². The summed E-state index contributed by atoms with van der Waals surface area (Å²) in [7, 11) is 5.51. The number of nitrogens with zero attached hydrogens (tertiary/aromatic N) is 2.